The Labute approximate surface area is 62.3 Å². The van der Waals surface area contributed by atoms with Crippen LogP contribution >= 0.6 is 11.3 Å². The molecule has 1 rings (SSSR count). The van der Waals surface area contributed by atoms with Gasteiger partial charge in [0.25, 0.3) is 0 Å². The minimum Gasteiger partial charge on any atom is -0.477 e. The molecular weight excluding hydrogens is 150 g/mol. The first kappa shape index (κ1) is 7.21. The minimum atomic E-state index is -0.891. The summed E-state index contributed by atoms with van der Waals surface area (Å²) in [5.74, 6) is -0.891. The number of rotatable bonds is 2. The fourth-order valence-electron chi connectivity index (χ4n) is 0.573. The van der Waals surface area contributed by atoms with E-state index >= 15 is 0 Å². The Hall–Kier alpha value is -0.900. The molecule has 0 aliphatic carbocycles. The Morgan fingerprint density at radius 2 is 2.60 bits per heavy atom. The summed E-state index contributed by atoms with van der Waals surface area (Å²) in [6.07, 6.45) is 2.20. The summed E-state index contributed by atoms with van der Waals surface area (Å²) in [6.45, 7) is 1.95. The Morgan fingerprint density at radius 3 is 2.90 bits per heavy atom. The molecule has 4 heteroatoms. The molecule has 0 unspecified atom stereocenters. The third-order valence-corrected chi connectivity index (χ3v) is 2.20. The number of carboxylic acid groups (broad SMARTS) is 1. The van der Waals surface area contributed by atoms with Crippen molar-refractivity contribution in [2.45, 2.75) is 13.3 Å². The number of thiazole rings is 1. The van der Waals surface area contributed by atoms with Gasteiger partial charge in [-0.15, -0.1) is 11.3 Å². The molecule has 0 spiro atoms. The van der Waals surface area contributed by atoms with Crippen LogP contribution in [0.3, 0.4) is 0 Å². The highest BCUT2D eigenvalue weighted by molar-refractivity contribution is 7.13. The van der Waals surface area contributed by atoms with E-state index in [1.54, 1.807) is 0 Å². The predicted molar refractivity (Wildman–Crippen MR) is 38.5 cm³/mol. The van der Waals surface area contributed by atoms with E-state index in [0.29, 0.717) is 4.88 Å². The summed E-state index contributed by atoms with van der Waals surface area (Å²) in [5, 5.41) is 9.34. The molecule has 0 bridgehead atoms. The Morgan fingerprint density at radius 1 is 1.90 bits per heavy atom. The maximum atomic E-state index is 10.3. The lowest BCUT2D eigenvalue weighted by molar-refractivity contribution is 0.0702. The number of carboxylic acids is 1. The summed E-state index contributed by atoms with van der Waals surface area (Å²) < 4.78 is 0. The number of hydrogen-bond donors (Lipinski definition) is 1. The van der Waals surface area contributed by atoms with Crippen molar-refractivity contribution in [3.63, 3.8) is 0 Å². The van der Waals surface area contributed by atoms with E-state index in [4.69, 9.17) is 5.11 Å². The number of hydrogen-bond acceptors (Lipinski definition) is 3. The molecule has 0 aromatic carbocycles. The Balaban J connectivity index is 2.88. The van der Waals surface area contributed by atoms with Gasteiger partial charge in [0.1, 0.15) is 4.88 Å². The highest BCUT2D eigenvalue weighted by Crippen LogP contribution is 2.12. The zero-order chi connectivity index (χ0) is 7.56. The lowest BCUT2D eigenvalue weighted by atomic mass is 10.5. The zero-order valence-electron chi connectivity index (χ0n) is 5.50. The van der Waals surface area contributed by atoms with Crippen molar-refractivity contribution in [1.82, 2.24) is 4.98 Å². The summed E-state index contributed by atoms with van der Waals surface area (Å²) >= 11 is 1.23. The molecular formula is C6H7NO2S. The van der Waals surface area contributed by atoms with Crippen LogP contribution in [0.1, 0.15) is 21.6 Å². The number of aromatic carboxylic acids is 1. The van der Waals surface area contributed by atoms with E-state index in [-0.39, 0.29) is 0 Å². The average molecular weight is 157 g/mol. The number of aromatic nitrogens is 1. The molecule has 54 valence electrons. The summed E-state index contributed by atoms with van der Waals surface area (Å²) in [7, 11) is 0. The standard InChI is InChI=1S/C6H7NO2S/c1-2-5-7-3-4(10-5)6(8)9/h3H,2H2,1H3,(H,8,9). The minimum absolute atomic E-state index is 0.317. The molecule has 3 nitrogen and oxygen atoms in total. The number of nitrogens with zero attached hydrogens (tertiary/aromatic N) is 1. The van der Waals surface area contributed by atoms with Gasteiger partial charge < -0.3 is 5.11 Å². The first-order valence-corrected chi connectivity index (χ1v) is 3.73. The van der Waals surface area contributed by atoms with Crippen molar-refractivity contribution in [3.05, 3.63) is 16.1 Å². The van der Waals surface area contributed by atoms with E-state index in [0.717, 1.165) is 11.4 Å². The third-order valence-electron chi connectivity index (χ3n) is 1.07. The molecule has 10 heavy (non-hydrogen) atoms. The van der Waals surface area contributed by atoms with Crippen molar-refractivity contribution in [3.8, 4) is 0 Å². The van der Waals surface area contributed by atoms with Gasteiger partial charge >= 0.3 is 5.97 Å². The van der Waals surface area contributed by atoms with Gasteiger partial charge in [-0.2, -0.15) is 0 Å². The molecule has 0 saturated carbocycles. The normalized spacial score (nSPS) is 9.70. The quantitative estimate of drug-likeness (QED) is 0.706. The highest BCUT2D eigenvalue weighted by atomic mass is 32.1. The van der Waals surface area contributed by atoms with Gasteiger partial charge in [0.2, 0.25) is 0 Å². The molecule has 0 saturated heterocycles. The second-order valence-corrected chi connectivity index (χ2v) is 2.89. The molecule has 0 amide bonds. The molecule has 1 aromatic rings. The van der Waals surface area contributed by atoms with E-state index in [1.165, 1.54) is 17.5 Å². The lowest BCUT2D eigenvalue weighted by Crippen LogP contribution is -1.89. The van der Waals surface area contributed by atoms with Crippen LogP contribution in [-0.2, 0) is 6.42 Å². The van der Waals surface area contributed by atoms with Gasteiger partial charge in [-0.25, -0.2) is 9.78 Å². The molecule has 0 fully saturated rings. The van der Waals surface area contributed by atoms with Crippen LogP contribution in [-0.4, -0.2) is 16.1 Å². The topological polar surface area (TPSA) is 50.2 Å². The Bertz CT molecular complexity index is 244. The van der Waals surface area contributed by atoms with Gasteiger partial charge in [0.05, 0.1) is 11.2 Å². The van der Waals surface area contributed by atoms with E-state index in [2.05, 4.69) is 4.98 Å². The molecule has 0 atom stereocenters. The van der Waals surface area contributed by atoms with Crippen molar-refractivity contribution in [2.75, 3.05) is 0 Å². The molecule has 1 heterocycles. The maximum Gasteiger partial charge on any atom is 0.347 e. The zero-order valence-corrected chi connectivity index (χ0v) is 6.31. The maximum absolute atomic E-state index is 10.3. The summed E-state index contributed by atoms with van der Waals surface area (Å²) in [4.78, 5) is 14.5. The number of aryl methyl sites for hydroxylation is 1. The fourth-order valence-corrected chi connectivity index (χ4v) is 1.27. The first-order chi connectivity index (χ1) is 4.74. The molecule has 0 aliphatic rings. The second kappa shape index (κ2) is 2.79. The van der Waals surface area contributed by atoms with Gasteiger partial charge in [0.15, 0.2) is 0 Å². The molecule has 0 radical (unpaired) electrons. The first-order valence-electron chi connectivity index (χ1n) is 2.92. The average Bonchev–Trinajstić information content (AvgIpc) is 2.34. The summed E-state index contributed by atoms with van der Waals surface area (Å²) in [5.41, 5.74) is 0. The van der Waals surface area contributed by atoms with Crippen LogP contribution in [0.4, 0.5) is 0 Å². The summed E-state index contributed by atoms with van der Waals surface area (Å²) in [6, 6.07) is 0. The van der Waals surface area contributed by atoms with E-state index in [9.17, 15) is 4.79 Å². The molecule has 1 N–H and O–H groups in total. The predicted octanol–water partition coefficient (Wildman–Crippen LogP) is 1.40. The van der Waals surface area contributed by atoms with Crippen LogP contribution in [0.25, 0.3) is 0 Å². The van der Waals surface area contributed by atoms with Gasteiger partial charge in [-0.3, -0.25) is 0 Å². The van der Waals surface area contributed by atoms with Gasteiger partial charge in [-0.1, -0.05) is 6.92 Å². The van der Waals surface area contributed by atoms with E-state index in [1.807, 2.05) is 6.92 Å². The fraction of sp³-hybridized carbons (Fsp3) is 0.333. The van der Waals surface area contributed by atoms with Crippen molar-refractivity contribution in [1.29, 1.82) is 0 Å². The largest absolute Gasteiger partial charge is 0.477 e. The van der Waals surface area contributed by atoms with Gasteiger partial charge in [0, 0.05) is 0 Å². The Kier molecular flexibility index (Phi) is 2.01. The number of carbonyl (C=O) groups is 1. The van der Waals surface area contributed by atoms with Crippen LogP contribution in [0.15, 0.2) is 6.20 Å². The van der Waals surface area contributed by atoms with Gasteiger partial charge in [-0.05, 0) is 6.42 Å². The van der Waals surface area contributed by atoms with E-state index < -0.39 is 5.97 Å². The monoisotopic (exact) mass is 157 g/mol. The van der Waals surface area contributed by atoms with Crippen molar-refractivity contribution in [2.24, 2.45) is 0 Å². The molecule has 0 aliphatic heterocycles. The third kappa shape index (κ3) is 1.33. The SMILES string of the molecule is CCc1ncc(C(=O)O)s1. The second-order valence-electron chi connectivity index (χ2n) is 1.78. The smallest absolute Gasteiger partial charge is 0.347 e. The molecule has 1 aromatic heterocycles. The highest BCUT2D eigenvalue weighted by Gasteiger charge is 2.05. The van der Waals surface area contributed by atoms with Crippen LogP contribution < -0.4 is 0 Å². The van der Waals surface area contributed by atoms with Crippen LogP contribution in [0.5, 0.6) is 0 Å². The lowest BCUT2D eigenvalue weighted by Gasteiger charge is -1.81. The van der Waals surface area contributed by atoms with Crippen molar-refractivity contribution >= 4 is 17.3 Å². The van der Waals surface area contributed by atoms with Crippen LogP contribution in [0, 0.1) is 0 Å². The van der Waals surface area contributed by atoms with Crippen LogP contribution in [0.2, 0.25) is 0 Å². The van der Waals surface area contributed by atoms with Crippen molar-refractivity contribution < 1.29 is 9.90 Å².